The molecule has 1 heterocycles. The molecule has 164 valence electrons. The van der Waals surface area contributed by atoms with E-state index >= 15 is 0 Å². The molecule has 7 nitrogen and oxygen atoms in total. The van der Waals surface area contributed by atoms with Gasteiger partial charge in [-0.2, -0.15) is 5.26 Å². The fourth-order valence-corrected chi connectivity index (χ4v) is 3.36. The number of nitrogens with zero attached hydrogens (tertiary/aromatic N) is 5. The van der Waals surface area contributed by atoms with E-state index in [0.717, 1.165) is 22.4 Å². The van der Waals surface area contributed by atoms with Gasteiger partial charge in [0.15, 0.2) is 0 Å². The van der Waals surface area contributed by atoms with E-state index in [-0.39, 0.29) is 5.91 Å². The molecule has 0 unspecified atom stereocenters. The lowest BCUT2D eigenvalue weighted by molar-refractivity contribution is -0.129. The van der Waals surface area contributed by atoms with Gasteiger partial charge in [0.25, 0.3) is 0 Å². The molecule has 0 fully saturated rings. The molecule has 1 aromatic heterocycles. The highest BCUT2D eigenvalue weighted by Crippen LogP contribution is 2.25. The van der Waals surface area contributed by atoms with Gasteiger partial charge < -0.3 is 9.64 Å². The van der Waals surface area contributed by atoms with Crippen molar-refractivity contribution >= 4 is 5.91 Å². The summed E-state index contributed by atoms with van der Waals surface area (Å²) < 4.78 is 5.22. The second-order valence-corrected chi connectivity index (χ2v) is 7.84. The fourth-order valence-electron chi connectivity index (χ4n) is 3.36. The second-order valence-electron chi connectivity index (χ2n) is 7.84. The first kappa shape index (κ1) is 22.9. The molecule has 7 heteroatoms. The van der Waals surface area contributed by atoms with Crippen molar-refractivity contribution in [1.82, 2.24) is 19.8 Å². The number of nitriles is 1. The normalized spacial score (nSPS) is 10.6. The minimum atomic E-state index is 0.0759. The van der Waals surface area contributed by atoms with Crippen LogP contribution in [0.5, 0.6) is 5.75 Å². The maximum atomic E-state index is 11.9. The average Bonchev–Trinajstić information content (AvgIpc) is 2.78. The fraction of sp³-hybridized carbons (Fsp3) is 0.280. The summed E-state index contributed by atoms with van der Waals surface area (Å²) in [5.41, 5.74) is 4.29. The summed E-state index contributed by atoms with van der Waals surface area (Å²) in [6.45, 7) is 1.05. The van der Waals surface area contributed by atoms with Crippen molar-refractivity contribution in [2.45, 2.75) is 13.0 Å². The van der Waals surface area contributed by atoms with Gasteiger partial charge in [0, 0.05) is 38.8 Å². The SMILES string of the molecule is COc1ccc(-c2ccnc(Cc3cccc(CN(C)CC(=O)N(C)C)c3)n2)cc1C#N. The number of methoxy groups -OCH3 is 1. The number of likely N-dealkylation sites (N-methyl/N-ethyl adjacent to an activating group) is 2. The van der Waals surface area contributed by atoms with Gasteiger partial charge in [-0.25, -0.2) is 9.97 Å². The molecule has 0 atom stereocenters. The van der Waals surface area contributed by atoms with Crippen LogP contribution in [0.1, 0.15) is 22.5 Å². The molecule has 0 N–H and O–H groups in total. The van der Waals surface area contributed by atoms with Crippen LogP contribution in [0.2, 0.25) is 0 Å². The molecular formula is C25H27N5O2. The maximum absolute atomic E-state index is 11.9. The molecule has 3 aromatic rings. The summed E-state index contributed by atoms with van der Waals surface area (Å²) >= 11 is 0. The van der Waals surface area contributed by atoms with Crippen LogP contribution in [0, 0.1) is 11.3 Å². The molecule has 1 amide bonds. The Morgan fingerprint density at radius 1 is 1.09 bits per heavy atom. The van der Waals surface area contributed by atoms with Gasteiger partial charge in [0.2, 0.25) is 5.91 Å². The summed E-state index contributed by atoms with van der Waals surface area (Å²) in [5, 5.41) is 9.35. The Balaban J connectivity index is 1.74. The van der Waals surface area contributed by atoms with Crippen LogP contribution >= 0.6 is 0 Å². The Kier molecular flexibility index (Phi) is 7.53. The molecule has 0 saturated heterocycles. The van der Waals surface area contributed by atoms with Gasteiger partial charge in [-0.1, -0.05) is 24.3 Å². The zero-order valence-electron chi connectivity index (χ0n) is 18.9. The lowest BCUT2D eigenvalue weighted by atomic mass is 10.1. The summed E-state index contributed by atoms with van der Waals surface area (Å²) in [6.07, 6.45) is 2.32. The first-order valence-electron chi connectivity index (χ1n) is 10.3. The van der Waals surface area contributed by atoms with E-state index in [4.69, 9.17) is 9.72 Å². The highest BCUT2D eigenvalue weighted by Gasteiger charge is 2.11. The molecule has 0 bridgehead atoms. The van der Waals surface area contributed by atoms with Gasteiger partial charge in [0.05, 0.1) is 24.9 Å². The number of benzene rings is 2. The van der Waals surface area contributed by atoms with E-state index < -0.39 is 0 Å². The van der Waals surface area contributed by atoms with E-state index in [0.29, 0.717) is 36.6 Å². The number of hydrogen-bond donors (Lipinski definition) is 0. The lowest BCUT2D eigenvalue weighted by Gasteiger charge is -2.19. The third kappa shape index (κ3) is 5.90. The second kappa shape index (κ2) is 10.5. The molecule has 3 rings (SSSR count). The largest absolute Gasteiger partial charge is 0.495 e. The quantitative estimate of drug-likeness (QED) is 0.547. The zero-order valence-corrected chi connectivity index (χ0v) is 18.9. The van der Waals surface area contributed by atoms with Crippen LogP contribution in [0.3, 0.4) is 0 Å². The van der Waals surface area contributed by atoms with Crippen molar-refractivity contribution in [2.24, 2.45) is 0 Å². The Hall–Kier alpha value is -3.76. The van der Waals surface area contributed by atoms with E-state index in [1.807, 2.05) is 36.2 Å². The van der Waals surface area contributed by atoms with E-state index in [1.165, 1.54) is 0 Å². The third-order valence-corrected chi connectivity index (χ3v) is 5.03. The summed E-state index contributed by atoms with van der Waals surface area (Å²) in [7, 11) is 7.01. The molecular weight excluding hydrogens is 402 g/mol. The van der Waals surface area contributed by atoms with Gasteiger partial charge in [-0.15, -0.1) is 0 Å². The maximum Gasteiger partial charge on any atom is 0.236 e. The predicted octanol–water partition coefficient (Wildman–Crippen LogP) is 3.13. The minimum Gasteiger partial charge on any atom is -0.495 e. The Labute approximate surface area is 188 Å². The molecule has 0 saturated carbocycles. The van der Waals surface area contributed by atoms with E-state index in [1.54, 1.807) is 44.4 Å². The standard InChI is InChI=1S/C25H27N5O2/c1-29(2)25(31)17-30(3)16-19-7-5-6-18(12-19)13-24-27-11-10-22(28-24)20-8-9-23(32-4)21(14-20)15-26/h5-12,14H,13,16-17H2,1-4H3. The third-order valence-electron chi connectivity index (χ3n) is 5.03. The zero-order chi connectivity index (χ0) is 23.1. The van der Waals surface area contributed by atoms with E-state index in [9.17, 15) is 10.1 Å². The number of amides is 1. The van der Waals surface area contributed by atoms with Gasteiger partial charge in [-0.3, -0.25) is 9.69 Å². The van der Waals surface area contributed by atoms with Crippen LogP contribution in [-0.4, -0.2) is 60.5 Å². The summed E-state index contributed by atoms with van der Waals surface area (Å²) in [5.74, 6) is 1.32. The first-order chi connectivity index (χ1) is 15.4. The summed E-state index contributed by atoms with van der Waals surface area (Å²) in [4.78, 5) is 24.6. The topological polar surface area (TPSA) is 82.3 Å². The monoisotopic (exact) mass is 429 g/mol. The van der Waals surface area contributed by atoms with Gasteiger partial charge >= 0.3 is 0 Å². The Morgan fingerprint density at radius 3 is 2.59 bits per heavy atom. The van der Waals surface area contributed by atoms with E-state index in [2.05, 4.69) is 23.2 Å². The molecule has 0 spiro atoms. The van der Waals surface area contributed by atoms with Crippen LogP contribution < -0.4 is 4.74 Å². The number of ether oxygens (including phenoxy) is 1. The van der Waals surface area contributed by atoms with Crippen molar-refractivity contribution in [3.63, 3.8) is 0 Å². The number of rotatable bonds is 8. The van der Waals surface area contributed by atoms with Crippen molar-refractivity contribution in [2.75, 3.05) is 34.8 Å². The summed E-state index contributed by atoms with van der Waals surface area (Å²) in [6, 6.07) is 17.7. The predicted molar refractivity (Wildman–Crippen MR) is 123 cm³/mol. The lowest BCUT2D eigenvalue weighted by Crippen LogP contribution is -2.34. The average molecular weight is 430 g/mol. The first-order valence-corrected chi connectivity index (χ1v) is 10.3. The van der Waals surface area contributed by atoms with Crippen molar-refractivity contribution < 1.29 is 9.53 Å². The van der Waals surface area contributed by atoms with Crippen LogP contribution in [-0.2, 0) is 17.8 Å². The van der Waals surface area contributed by atoms with Crippen molar-refractivity contribution in [3.05, 3.63) is 77.2 Å². The number of aromatic nitrogens is 2. The molecule has 2 aromatic carbocycles. The molecule has 32 heavy (non-hydrogen) atoms. The number of carbonyl (C=O) groups is 1. The van der Waals surface area contributed by atoms with Crippen LogP contribution in [0.4, 0.5) is 0 Å². The van der Waals surface area contributed by atoms with Crippen LogP contribution in [0.15, 0.2) is 54.7 Å². The van der Waals surface area contributed by atoms with Gasteiger partial charge in [0.1, 0.15) is 17.6 Å². The highest BCUT2D eigenvalue weighted by molar-refractivity contribution is 5.77. The molecule has 0 aliphatic rings. The Morgan fingerprint density at radius 2 is 1.88 bits per heavy atom. The van der Waals surface area contributed by atoms with Crippen molar-refractivity contribution in [1.29, 1.82) is 5.26 Å². The van der Waals surface area contributed by atoms with Crippen LogP contribution in [0.25, 0.3) is 11.3 Å². The van der Waals surface area contributed by atoms with Gasteiger partial charge in [-0.05, 0) is 42.4 Å². The Bertz CT molecular complexity index is 1140. The number of hydrogen-bond acceptors (Lipinski definition) is 6. The van der Waals surface area contributed by atoms with Crippen molar-refractivity contribution in [3.8, 4) is 23.1 Å². The number of carbonyl (C=O) groups excluding carboxylic acids is 1. The smallest absolute Gasteiger partial charge is 0.236 e. The highest BCUT2D eigenvalue weighted by atomic mass is 16.5. The molecule has 0 radical (unpaired) electrons. The minimum absolute atomic E-state index is 0.0759. The molecule has 0 aliphatic heterocycles. The molecule has 0 aliphatic carbocycles.